The Morgan fingerprint density at radius 1 is 1.04 bits per heavy atom. The lowest BCUT2D eigenvalue weighted by molar-refractivity contribution is 0.0499. The molecule has 2 heterocycles. The summed E-state index contributed by atoms with van der Waals surface area (Å²) in [6.07, 6.45) is 1.72. The van der Waals surface area contributed by atoms with Gasteiger partial charge in [0.05, 0.1) is 21.5 Å². The Labute approximate surface area is 171 Å². The van der Waals surface area contributed by atoms with Crippen molar-refractivity contribution >= 4 is 45.9 Å². The van der Waals surface area contributed by atoms with Crippen LogP contribution in [-0.4, -0.2) is 18.6 Å². The number of nitrogens with one attached hydrogen (secondary N) is 3. The minimum Gasteiger partial charge on any atom is -0.356 e. The summed E-state index contributed by atoms with van der Waals surface area (Å²) in [6.45, 7) is 0.374. The number of rotatable bonds is 6. The van der Waals surface area contributed by atoms with Crippen LogP contribution in [0, 0.1) is 0 Å². The second-order valence-corrected chi connectivity index (χ2v) is 7.94. The van der Waals surface area contributed by atoms with E-state index in [1.165, 1.54) is 11.3 Å². The number of amides is 1. The largest absolute Gasteiger partial charge is 0.356 e. The molecule has 4 rings (SSSR count). The van der Waals surface area contributed by atoms with Crippen LogP contribution in [0.5, 0.6) is 0 Å². The first kappa shape index (κ1) is 18.6. The zero-order valence-corrected chi connectivity index (χ0v) is 16.4. The summed E-state index contributed by atoms with van der Waals surface area (Å²) in [5, 5.41) is 6.21. The molecule has 1 aliphatic heterocycles. The molecule has 0 spiro atoms. The maximum absolute atomic E-state index is 12.1. The van der Waals surface area contributed by atoms with Gasteiger partial charge in [0.2, 0.25) is 0 Å². The Morgan fingerprint density at radius 3 is 2.50 bits per heavy atom. The molecular weight excluding hydrogens is 394 g/mol. The van der Waals surface area contributed by atoms with Crippen molar-refractivity contribution in [3.05, 3.63) is 87.6 Å². The molecule has 0 fully saturated rings. The predicted molar refractivity (Wildman–Crippen MR) is 114 cm³/mol. The van der Waals surface area contributed by atoms with E-state index in [0.717, 1.165) is 22.6 Å². The Hall–Kier alpha value is -2.80. The summed E-state index contributed by atoms with van der Waals surface area (Å²) in [4.78, 5) is 18.2. The Bertz CT molecular complexity index is 986. The van der Waals surface area contributed by atoms with Gasteiger partial charge in [-0.05, 0) is 48.0 Å². The number of carbonyl (C=O) groups excluding carboxylic acids is 1. The monoisotopic (exact) mass is 411 g/mol. The van der Waals surface area contributed by atoms with E-state index in [1.54, 1.807) is 12.1 Å². The number of halogens is 1. The molecule has 0 bridgehead atoms. The van der Waals surface area contributed by atoms with Crippen molar-refractivity contribution in [1.29, 1.82) is 0 Å². The summed E-state index contributed by atoms with van der Waals surface area (Å²) >= 11 is 7.12. The van der Waals surface area contributed by atoms with Gasteiger partial charge >= 0.3 is 0 Å². The van der Waals surface area contributed by atoms with Crippen molar-refractivity contribution < 1.29 is 9.63 Å². The summed E-state index contributed by atoms with van der Waals surface area (Å²) < 4.78 is 0.594. The van der Waals surface area contributed by atoms with Gasteiger partial charge in [-0.15, -0.1) is 11.3 Å². The van der Waals surface area contributed by atoms with Crippen LogP contribution in [0.1, 0.15) is 15.2 Å². The second-order valence-electron chi connectivity index (χ2n) is 6.22. The van der Waals surface area contributed by atoms with Crippen molar-refractivity contribution in [3.63, 3.8) is 0 Å². The number of para-hydroxylation sites is 1. The van der Waals surface area contributed by atoms with E-state index in [4.69, 9.17) is 16.4 Å². The molecule has 28 heavy (non-hydrogen) atoms. The lowest BCUT2D eigenvalue weighted by Gasteiger charge is -2.09. The normalized spacial score (nSPS) is 15.6. The topological polar surface area (TPSA) is 62.4 Å². The van der Waals surface area contributed by atoms with Crippen LogP contribution in [0.2, 0.25) is 4.34 Å². The third-order valence-electron chi connectivity index (χ3n) is 4.19. The molecule has 0 saturated carbocycles. The van der Waals surface area contributed by atoms with Crippen LogP contribution in [-0.2, 0) is 4.84 Å². The highest BCUT2D eigenvalue weighted by atomic mass is 35.5. The van der Waals surface area contributed by atoms with Crippen LogP contribution in [0.15, 0.2) is 72.8 Å². The van der Waals surface area contributed by atoms with Crippen molar-refractivity contribution in [2.45, 2.75) is 6.10 Å². The molecule has 1 amide bonds. The fraction of sp³-hybridized carbons (Fsp3) is 0.0952. The molecule has 1 unspecified atom stereocenters. The number of anilines is 2. The molecule has 0 radical (unpaired) electrons. The minimum atomic E-state index is -0.239. The lowest BCUT2D eigenvalue weighted by atomic mass is 10.1. The summed E-state index contributed by atoms with van der Waals surface area (Å²) in [5.74, 6) is -0.154. The smallest absolute Gasteiger partial charge is 0.261 e. The first-order valence-corrected chi connectivity index (χ1v) is 9.96. The molecule has 0 aliphatic carbocycles. The predicted octanol–water partition coefficient (Wildman–Crippen LogP) is 4.82. The first-order chi connectivity index (χ1) is 13.7. The molecular formula is C21H18ClN3O2S. The third kappa shape index (κ3) is 4.54. The van der Waals surface area contributed by atoms with Crippen LogP contribution >= 0.6 is 22.9 Å². The van der Waals surface area contributed by atoms with Gasteiger partial charge in [0.1, 0.15) is 6.10 Å². The Kier molecular flexibility index (Phi) is 5.62. The summed E-state index contributed by atoms with van der Waals surface area (Å²) in [6, 6.07) is 21.5. The number of hydroxylamine groups is 1. The lowest BCUT2D eigenvalue weighted by Crippen LogP contribution is -2.31. The minimum absolute atomic E-state index is 0.154. The molecule has 1 aliphatic rings. The number of benzene rings is 2. The molecule has 3 N–H and O–H groups in total. The standard InChI is InChI=1S/C21H18ClN3O2S/c22-20-11-10-19(28-20)21(26)23-13-17-12-18(25-27-17)14-6-8-16(9-7-14)24-15-4-2-1-3-5-15/h1-12,17,24-25H,13H2,(H,23,26). The molecule has 5 nitrogen and oxygen atoms in total. The number of hydrogen-bond acceptors (Lipinski definition) is 5. The fourth-order valence-corrected chi connectivity index (χ4v) is 3.75. The van der Waals surface area contributed by atoms with Crippen molar-refractivity contribution in [1.82, 2.24) is 10.8 Å². The molecule has 2 aromatic carbocycles. The van der Waals surface area contributed by atoms with Crippen molar-refractivity contribution in [3.8, 4) is 0 Å². The zero-order chi connectivity index (χ0) is 19.3. The molecule has 1 atom stereocenters. The van der Waals surface area contributed by atoms with E-state index in [2.05, 4.69) is 16.1 Å². The number of hydrogen-bond donors (Lipinski definition) is 3. The average Bonchev–Trinajstić information content (AvgIpc) is 3.37. The van der Waals surface area contributed by atoms with Crippen LogP contribution < -0.4 is 16.1 Å². The number of carbonyl (C=O) groups is 1. The van der Waals surface area contributed by atoms with Gasteiger partial charge in [0.25, 0.3) is 5.91 Å². The average molecular weight is 412 g/mol. The molecule has 0 saturated heterocycles. The SMILES string of the molecule is O=C(NCC1C=C(c2ccc(Nc3ccccc3)cc2)NO1)c1ccc(Cl)s1. The maximum atomic E-state index is 12.1. The van der Waals surface area contributed by atoms with Crippen LogP contribution in [0.4, 0.5) is 11.4 Å². The van der Waals surface area contributed by atoms with Crippen LogP contribution in [0.25, 0.3) is 5.70 Å². The first-order valence-electron chi connectivity index (χ1n) is 8.77. The summed E-state index contributed by atoms with van der Waals surface area (Å²) in [5.41, 5.74) is 6.87. The second kappa shape index (κ2) is 8.48. The summed E-state index contributed by atoms with van der Waals surface area (Å²) in [7, 11) is 0. The molecule has 3 aromatic rings. The van der Waals surface area contributed by atoms with E-state index in [-0.39, 0.29) is 12.0 Å². The van der Waals surface area contributed by atoms with Crippen molar-refractivity contribution in [2.24, 2.45) is 0 Å². The van der Waals surface area contributed by atoms with Crippen molar-refractivity contribution in [2.75, 3.05) is 11.9 Å². The Morgan fingerprint density at radius 2 is 1.79 bits per heavy atom. The van der Waals surface area contributed by atoms with E-state index in [1.807, 2.05) is 60.7 Å². The molecule has 142 valence electrons. The molecule has 7 heteroatoms. The number of thiophene rings is 1. The van der Waals surface area contributed by atoms with Gasteiger partial charge < -0.3 is 10.6 Å². The van der Waals surface area contributed by atoms with Gasteiger partial charge in [-0.3, -0.25) is 15.1 Å². The highest BCUT2D eigenvalue weighted by molar-refractivity contribution is 7.17. The van der Waals surface area contributed by atoms with Gasteiger partial charge in [-0.1, -0.05) is 41.9 Å². The van der Waals surface area contributed by atoms with Crippen LogP contribution in [0.3, 0.4) is 0 Å². The zero-order valence-electron chi connectivity index (χ0n) is 14.8. The van der Waals surface area contributed by atoms with Gasteiger partial charge in [0, 0.05) is 11.4 Å². The van der Waals surface area contributed by atoms with Gasteiger partial charge in [-0.2, -0.15) is 0 Å². The van der Waals surface area contributed by atoms with E-state index >= 15 is 0 Å². The highest BCUT2D eigenvalue weighted by Crippen LogP contribution is 2.23. The van der Waals surface area contributed by atoms with Gasteiger partial charge in [0.15, 0.2) is 0 Å². The third-order valence-corrected chi connectivity index (χ3v) is 5.42. The highest BCUT2D eigenvalue weighted by Gasteiger charge is 2.19. The van der Waals surface area contributed by atoms with Gasteiger partial charge in [-0.25, -0.2) is 0 Å². The molecule has 1 aromatic heterocycles. The maximum Gasteiger partial charge on any atom is 0.261 e. The van der Waals surface area contributed by atoms with E-state index in [0.29, 0.717) is 15.8 Å². The quantitative estimate of drug-likeness (QED) is 0.544. The fourth-order valence-electron chi connectivity index (χ4n) is 2.79. The van der Waals surface area contributed by atoms with E-state index < -0.39 is 0 Å². The van der Waals surface area contributed by atoms with E-state index in [9.17, 15) is 4.79 Å². The Balaban J connectivity index is 1.34.